The molecule has 28 heavy (non-hydrogen) atoms. The van der Waals surface area contributed by atoms with Gasteiger partial charge in [-0.1, -0.05) is 31.9 Å². The third-order valence-corrected chi connectivity index (χ3v) is 6.62. The zero-order valence-electron chi connectivity index (χ0n) is 16.2. The van der Waals surface area contributed by atoms with Gasteiger partial charge in [0.2, 0.25) is 0 Å². The van der Waals surface area contributed by atoms with Gasteiger partial charge in [0.1, 0.15) is 5.75 Å². The van der Waals surface area contributed by atoms with Crippen LogP contribution in [0.25, 0.3) is 21.2 Å². The van der Waals surface area contributed by atoms with Crippen molar-refractivity contribution in [3.8, 4) is 16.9 Å². The summed E-state index contributed by atoms with van der Waals surface area (Å²) in [6, 6.07) is 14.8. The Balaban J connectivity index is 1.66. The van der Waals surface area contributed by atoms with Gasteiger partial charge in [-0.3, -0.25) is 4.79 Å². The Labute approximate surface area is 170 Å². The highest BCUT2D eigenvalue weighted by Gasteiger charge is 2.18. The van der Waals surface area contributed by atoms with Crippen LogP contribution in [0.3, 0.4) is 0 Å². The van der Waals surface area contributed by atoms with Crippen molar-refractivity contribution in [1.82, 2.24) is 0 Å². The van der Waals surface area contributed by atoms with Gasteiger partial charge in [0.15, 0.2) is 0 Å². The standard InChI is InChI=1S/C24H26O3S/c1-16(24(25)26)12-18-6-8-22(27-15-17-4-2-3-5-17)21(13-18)19-7-9-23-20(14-19)10-11-28-23/h6-11,13-14,16-17H,2-5,12,15H2,1H3,(H,25,26). The molecule has 1 heterocycles. The number of ether oxygens (including phenoxy) is 1. The van der Waals surface area contributed by atoms with E-state index in [1.165, 1.54) is 35.8 Å². The first-order chi connectivity index (χ1) is 13.6. The van der Waals surface area contributed by atoms with E-state index in [1.54, 1.807) is 18.3 Å². The van der Waals surface area contributed by atoms with Crippen LogP contribution in [0, 0.1) is 11.8 Å². The molecule has 4 heteroatoms. The Kier molecular flexibility index (Phi) is 5.67. The lowest BCUT2D eigenvalue weighted by Gasteiger charge is -2.17. The van der Waals surface area contributed by atoms with Crippen molar-refractivity contribution in [3.63, 3.8) is 0 Å². The lowest BCUT2D eigenvalue weighted by atomic mass is 9.96. The molecular formula is C24H26O3S. The minimum Gasteiger partial charge on any atom is -0.493 e. The van der Waals surface area contributed by atoms with Crippen LogP contribution in [0.2, 0.25) is 0 Å². The minimum absolute atomic E-state index is 0.405. The van der Waals surface area contributed by atoms with Gasteiger partial charge in [0.05, 0.1) is 12.5 Å². The smallest absolute Gasteiger partial charge is 0.306 e. The van der Waals surface area contributed by atoms with Crippen LogP contribution < -0.4 is 4.74 Å². The van der Waals surface area contributed by atoms with Gasteiger partial charge in [-0.25, -0.2) is 0 Å². The Morgan fingerprint density at radius 3 is 2.79 bits per heavy atom. The van der Waals surface area contributed by atoms with E-state index >= 15 is 0 Å². The SMILES string of the molecule is CC(Cc1ccc(OCC2CCCC2)c(-c2ccc3sccc3c2)c1)C(=O)O. The fraction of sp³-hybridized carbons (Fsp3) is 0.375. The number of carbonyl (C=O) groups is 1. The zero-order chi connectivity index (χ0) is 19.5. The number of carboxylic acid groups (broad SMARTS) is 1. The predicted octanol–water partition coefficient (Wildman–Crippen LogP) is 6.40. The molecule has 146 valence electrons. The molecular weight excluding hydrogens is 368 g/mol. The summed E-state index contributed by atoms with van der Waals surface area (Å²) in [5, 5.41) is 12.6. The summed E-state index contributed by atoms with van der Waals surface area (Å²) in [7, 11) is 0. The van der Waals surface area contributed by atoms with Gasteiger partial charge in [-0.15, -0.1) is 11.3 Å². The van der Waals surface area contributed by atoms with Crippen LogP contribution in [0.5, 0.6) is 5.75 Å². The molecule has 0 spiro atoms. The van der Waals surface area contributed by atoms with Gasteiger partial charge in [0, 0.05) is 10.3 Å². The van der Waals surface area contributed by atoms with Gasteiger partial charge in [0.25, 0.3) is 0 Å². The second kappa shape index (κ2) is 8.36. The average molecular weight is 395 g/mol. The second-order valence-electron chi connectivity index (χ2n) is 7.91. The van der Waals surface area contributed by atoms with Crippen LogP contribution in [0.4, 0.5) is 0 Å². The fourth-order valence-electron chi connectivity index (χ4n) is 4.02. The highest BCUT2D eigenvalue weighted by atomic mass is 32.1. The molecule has 3 nitrogen and oxygen atoms in total. The maximum atomic E-state index is 11.3. The number of carboxylic acids is 1. The molecule has 0 saturated heterocycles. The maximum absolute atomic E-state index is 11.3. The molecule has 0 radical (unpaired) electrons. The first-order valence-electron chi connectivity index (χ1n) is 10.1. The fourth-order valence-corrected chi connectivity index (χ4v) is 4.79. The monoisotopic (exact) mass is 394 g/mol. The molecule has 1 fully saturated rings. The van der Waals surface area contributed by atoms with E-state index in [0.717, 1.165) is 29.0 Å². The highest BCUT2D eigenvalue weighted by molar-refractivity contribution is 7.17. The summed E-state index contributed by atoms with van der Waals surface area (Å²) < 4.78 is 7.53. The molecule has 0 amide bonds. The average Bonchev–Trinajstić information content (AvgIpc) is 3.37. The topological polar surface area (TPSA) is 46.5 Å². The summed E-state index contributed by atoms with van der Waals surface area (Å²) >= 11 is 1.74. The molecule has 4 rings (SSSR count). The number of hydrogen-bond acceptors (Lipinski definition) is 3. The lowest BCUT2D eigenvalue weighted by Crippen LogP contribution is -2.12. The number of hydrogen-bond donors (Lipinski definition) is 1. The van der Waals surface area contributed by atoms with Gasteiger partial charge < -0.3 is 9.84 Å². The predicted molar refractivity (Wildman–Crippen MR) is 115 cm³/mol. The zero-order valence-corrected chi connectivity index (χ0v) is 17.0. The Hall–Kier alpha value is -2.33. The second-order valence-corrected chi connectivity index (χ2v) is 8.86. The van der Waals surface area contributed by atoms with Crippen molar-refractivity contribution in [1.29, 1.82) is 0 Å². The summed E-state index contributed by atoms with van der Waals surface area (Å²) in [6.07, 6.45) is 5.64. The molecule has 3 aromatic rings. The van der Waals surface area contributed by atoms with E-state index in [-0.39, 0.29) is 0 Å². The van der Waals surface area contributed by atoms with Crippen LogP contribution >= 0.6 is 11.3 Å². The van der Waals surface area contributed by atoms with E-state index in [9.17, 15) is 9.90 Å². The van der Waals surface area contributed by atoms with Crippen molar-refractivity contribution >= 4 is 27.4 Å². The van der Waals surface area contributed by atoms with Crippen molar-refractivity contribution in [2.45, 2.75) is 39.0 Å². The first-order valence-corrected chi connectivity index (χ1v) is 10.9. The molecule has 1 aliphatic rings. The summed E-state index contributed by atoms with van der Waals surface area (Å²) in [6.45, 7) is 2.52. The first kappa shape index (κ1) is 19.0. The number of rotatable bonds is 7. The Morgan fingerprint density at radius 1 is 1.18 bits per heavy atom. The van der Waals surface area contributed by atoms with Gasteiger partial charge in [-0.05, 0) is 77.4 Å². The summed E-state index contributed by atoms with van der Waals surface area (Å²) in [5.41, 5.74) is 3.21. The van der Waals surface area contributed by atoms with Gasteiger partial charge >= 0.3 is 5.97 Å². The molecule has 2 aromatic carbocycles. The van der Waals surface area contributed by atoms with Crippen molar-refractivity contribution in [2.75, 3.05) is 6.61 Å². The molecule has 1 saturated carbocycles. The molecule has 1 aliphatic carbocycles. The highest BCUT2D eigenvalue weighted by Crippen LogP contribution is 2.36. The third kappa shape index (κ3) is 4.22. The molecule has 0 bridgehead atoms. The largest absolute Gasteiger partial charge is 0.493 e. The van der Waals surface area contributed by atoms with Crippen molar-refractivity contribution in [2.24, 2.45) is 11.8 Å². The normalized spacial score (nSPS) is 15.8. The van der Waals surface area contributed by atoms with Crippen LogP contribution in [-0.2, 0) is 11.2 Å². The number of thiophene rings is 1. The lowest BCUT2D eigenvalue weighted by molar-refractivity contribution is -0.141. The van der Waals surface area contributed by atoms with Crippen molar-refractivity contribution in [3.05, 3.63) is 53.4 Å². The molecule has 1 aromatic heterocycles. The van der Waals surface area contributed by atoms with E-state index < -0.39 is 11.9 Å². The Bertz CT molecular complexity index is 969. The minimum atomic E-state index is -0.761. The number of fused-ring (bicyclic) bond motifs is 1. The van der Waals surface area contributed by atoms with Crippen molar-refractivity contribution < 1.29 is 14.6 Å². The molecule has 1 unspecified atom stereocenters. The summed E-state index contributed by atoms with van der Waals surface area (Å²) in [5.74, 6) is 0.382. The number of benzene rings is 2. The summed E-state index contributed by atoms with van der Waals surface area (Å²) in [4.78, 5) is 11.3. The van der Waals surface area contributed by atoms with E-state index in [4.69, 9.17) is 4.74 Å². The van der Waals surface area contributed by atoms with Crippen LogP contribution in [0.15, 0.2) is 47.8 Å². The molecule has 0 aliphatic heterocycles. The third-order valence-electron chi connectivity index (χ3n) is 5.72. The number of aliphatic carboxylic acids is 1. The Morgan fingerprint density at radius 2 is 2.00 bits per heavy atom. The van der Waals surface area contributed by atoms with Gasteiger partial charge in [-0.2, -0.15) is 0 Å². The molecule has 1 N–H and O–H groups in total. The molecule has 1 atom stereocenters. The quantitative estimate of drug-likeness (QED) is 0.504. The maximum Gasteiger partial charge on any atom is 0.306 e. The van der Waals surface area contributed by atoms with E-state index in [2.05, 4.69) is 35.7 Å². The van der Waals surface area contributed by atoms with E-state index in [0.29, 0.717) is 12.3 Å². The van der Waals surface area contributed by atoms with E-state index in [1.807, 2.05) is 12.1 Å². The van der Waals surface area contributed by atoms with Crippen LogP contribution in [0.1, 0.15) is 38.2 Å². The van der Waals surface area contributed by atoms with Crippen LogP contribution in [-0.4, -0.2) is 17.7 Å².